The van der Waals surface area contributed by atoms with Gasteiger partial charge in [-0.25, -0.2) is 5.53 Å². The van der Waals surface area contributed by atoms with Crippen molar-refractivity contribution >= 4 is 11.3 Å². The Bertz CT molecular complexity index is 397. The Morgan fingerprint density at radius 2 is 2.00 bits per heavy atom. The molecule has 0 saturated carbocycles. The third-order valence-corrected chi connectivity index (χ3v) is 2.05. The van der Waals surface area contributed by atoms with Gasteiger partial charge in [0, 0.05) is 0 Å². The lowest BCUT2D eigenvalue weighted by Crippen LogP contribution is -1.78. The predicted octanol–water partition coefficient (Wildman–Crippen LogP) is 4.49. The Kier molecular flexibility index (Phi) is 4.23. The zero-order valence-corrected chi connectivity index (χ0v) is 8.77. The van der Waals surface area contributed by atoms with Crippen molar-refractivity contribution in [2.45, 2.75) is 6.92 Å². The van der Waals surface area contributed by atoms with Gasteiger partial charge in [-0.2, -0.15) is 5.11 Å². The molecule has 0 aliphatic heterocycles. The van der Waals surface area contributed by atoms with Crippen LogP contribution in [0.4, 0.5) is 5.69 Å². The van der Waals surface area contributed by atoms with Crippen molar-refractivity contribution in [1.82, 2.24) is 0 Å². The minimum absolute atomic E-state index is 0.668. The highest BCUT2D eigenvalue weighted by molar-refractivity contribution is 5.74. The molecule has 0 aliphatic carbocycles. The number of allylic oxidation sites excluding steroid dienone is 5. The Balaban J connectivity index is 2.98. The van der Waals surface area contributed by atoms with Crippen LogP contribution in [0.3, 0.4) is 0 Å². The molecule has 2 nitrogen and oxygen atoms in total. The molecule has 0 heterocycles. The molecule has 1 aromatic carbocycles. The summed E-state index contributed by atoms with van der Waals surface area (Å²) in [5, 5.41) is 3.36. The van der Waals surface area contributed by atoms with Gasteiger partial charge in [-0.15, -0.1) is 0 Å². The minimum Gasteiger partial charge on any atom is -0.204 e. The first-order chi connectivity index (χ1) is 7.31. The maximum Gasteiger partial charge on any atom is 0.0850 e. The van der Waals surface area contributed by atoms with Crippen molar-refractivity contribution in [1.29, 1.82) is 5.53 Å². The minimum atomic E-state index is 0.668. The molecule has 0 bridgehead atoms. The molecule has 0 aliphatic rings. The molecule has 1 aromatic rings. The SMILES string of the molecule is C=C/C=C\C(=C/C)c1ccc(N=N)cc1. The molecule has 1 N–H and O–H groups in total. The summed E-state index contributed by atoms with van der Waals surface area (Å²) in [5.74, 6) is 0. The Labute approximate surface area is 90.2 Å². The summed E-state index contributed by atoms with van der Waals surface area (Å²) in [4.78, 5) is 0. The van der Waals surface area contributed by atoms with Gasteiger partial charge in [0.25, 0.3) is 0 Å². The van der Waals surface area contributed by atoms with Crippen LogP contribution in [-0.4, -0.2) is 0 Å². The molecule has 0 saturated heterocycles. The summed E-state index contributed by atoms with van der Waals surface area (Å²) >= 11 is 0. The van der Waals surface area contributed by atoms with Crippen molar-refractivity contribution in [3.05, 3.63) is 60.7 Å². The average Bonchev–Trinajstić information content (AvgIpc) is 2.31. The van der Waals surface area contributed by atoms with Crippen LogP contribution in [0.1, 0.15) is 12.5 Å². The number of nitrogens with one attached hydrogen (secondary N) is 1. The van der Waals surface area contributed by atoms with Gasteiger partial charge in [0.1, 0.15) is 0 Å². The first-order valence-corrected chi connectivity index (χ1v) is 4.75. The maximum atomic E-state index is 6.86. The summed E-state index contributed by atoms with van der Waals surface area (Å²) in [6.45, 7) is 5.63. The van der Waals surface area contributed by atoms with Crippen molar-refractivity contribution in [3.63, 3.8) is 0 Å². The van der Waals surface area contributed by atoms with E-state index in [1.165, 1.54) is 0 Å². The predicted molar refractivity (Wildman–Crippen MR) is 64.2 cm³/mol. The van der Waals surface area contributed by atoms with E-state index in [0.717, 1.165) is 11.1 Å². The van der Waals surface area contributed by atoms with Crippen molar-refractivity contribution in [2.75, 3.05) is 0 Å². The third kappa shape index (κ3) is 3.02. The fourth-order valence-corrected chi connectivity index (χ4v) is 1.26. The van der Waals surface area contributed by atoms with Gasteiger partial charge >= 0.3 is 0 Å². The first kappa shape index (κ1) is 11.1. The average molecular weight is 198 g/mol. The molecular weight excluding hydrogens is 184 g/mol. The van der Waals surface area contributed by atoms with E-state index in [0.29, 0.717) is 5.69 Å². The zero-order valence-electron chi connectivity index (χ0n) is 8.77. The molecule has 0 aromatic heterocycles. The van der Waals surface area contributed by atoms with E-state index in [1.54, 1.807) is 6.08 Å². The van der Waals surface area contributed by atoms with Gasteiger partial charge in [-0.1, -0.05) is 43.0 Å². The van der Waals surface area contributed by atoms with Crippen LogP contribution in [-0.2, 0) is 0 Å². The lowest BCUT2D eigenvalue weighted by molar-refractivity contribution is 1.15. The number of benzene rings is 1. The summed E-state index contributed by atoms with van der Waals surface area (Å²) in [7, 11) is 0. The molecule has 15 heavy (non-hydrogen) atoms. The van der Waals surface area contributed by atoms with E-state index in [4.69, 9.17) is 5.53 Å². The van der Waals surface area contributed by atoms with Gasteiger partial charge < -0.3 is 0 Å². The van der Waals surface area contributed by atoms with Crippen LogP contribution in [0.25, 0.3) is 5.57 Å². The number of hydrogen-bond acceptors (Lipinski definition) is 2. The first-order valence-electron chi connectivity index (χ1n) is 4.75. The molecule has 0 radical (unpaired) electrons. The molecule has 0 spiro atoms. The zero-order chi connectivity index (χ0) is 11.1. The Morgan fingerprint density at radius 1 is 1.33 bits per heavy atom. The Hall–Kier alpha value is -1.96. The van der Waals surface area contributed by atoms with Crippen molar-refractivity contribution in [3.8, 4) is 0 Å². The van der Waals surface area contributed by atoms with Crippen LogP contribution in [0.5, 0.6) is 0 Å². The number of hydrogen-bond donors (Lipinski definition) is 1. The van der Waals surface area contributed by atoms with Crippen LogP contribution in [0.2, 0.25) is 0 Å². The van der Waals surface area contributed by atoms with Gasteiger partial charge in [-0.05, 0) is 30.2 Å². The van der Waals surface area contributed by atoms with Crippen molar-refractivity contribution < 1.29 is 0 Å². The van der Waals surface area contributed by atoms with Crippen LogP contribution >= 0.6 is 0 Å². The molecule has 1 rings (SSSR count). The summed E-state index contributed by atoms with van der Waals surface area (Å²) in [6, 6.07) is 7.56. The molecular formula is C13H14N2. The second-order valence-electron chi connectivity index (χ2n) is 3.00. The summed E-state index contributed by atoms with van der Waals surface area (Å²) in [5.41, 5.74) is 9.77. The second kappa shape index (κ2) is 5.70. The van der Waals surface area contributed by atoms with Gasteiger partial charge in [-0.3, -0.25) is 0 Å². The molecule has 0 atom stereocenters. The molecule has 0 amide bonds. The quantitative estimate of drug-likeness (QED) is 0.546. The smallest absolute Gasteiger partial charge is 0.0850 e. The number of nitrogens with zero attached hydrogens (tertiary/aromatic N) is 1. The van der Waals surface area contributed by atoms with E-state index in [2.05, 4.69) is 11.7 Å². The summed E-state index contributed by atoms with van der Waals surface area (Å²) < 4.78 is 0. The van der Waals surface area contributed by atoms with Crippen LogP contribution in [0.15, 0.2) is 60.3 Å². The largest absolute Gasteiger partial charge is 0.204 e. The lowest BCUT2D eigenvalue weighted by Gasteiger charge is -2.01. The van der Waals surface area contributed by atoms with Gasteiger partial charge in [0.2, 0.25) is 0 Å². The van der Waals surface area contributed by atoms with Crippen LogP contribution < -0.4 is 0 Å². The highest BCUT2D eigenvalue weighted by Gasteiger charge is 1.96. The third-order valence-electron chi connectivity index (χ3n) is 2.05. The number of rotatable bonds is 4. The highest BCUT2D eigenvalue weighted by Crippen LogP contribution is 2.19. The fraction of sp³-hybridized carbons (Fsp3) is 0.0769. The molecule has 0 unspecified atom stereocenters. The van der Waals surface area contributed by atoms with Crippen molar-refractivity contribution in [2.24, 2.45) is 5.11 Å². The van der Waals surface area contributed by atoms with Gasteiger partial charge in [0.05, 0.1) is 5.69 Å². The molecule has 76 valence electrons. The molecule has 0 fully saturated rings. The topological polar surface area (TPSA) is 36.2 Å². The van der Waals surface area contributed by atoms with E-state index in [1.807, 2.05) is 49.4 Å². The highest BCUT2D eigenvalue weighted by atomic mass is 14.9. The summed E-state index contributed by atoms with van der Waals surface area (Å²) in [6.07, 6.45) is 7.68. The van der Waals surface area contributed by atoms with E-state index in [9.17, 15) is 0 Å². The normalized spacial score (nSPS) is 11.7. The van der Waals surface area contributed by atoms with E-state index in [-0.39, 0.29) is 0 Å². The monoisotopic (exact) mass is 198 g/mol. The second-order valence-corrected chi connectivity index (χ2v) is 3.00. The van der Waals surface area contributed by atoms with E-state index >= 15 is 0 Å². The Morgan fingerprint density at radius 3 is 2.47 bits per heavy atom. The molecule has 2 heteroatoms. The van der Waals surface area contributed by atoms with Crippen LogP contribution in [0, 0.1) is 5.53 Å². The lowest BCUT2D eigenvalue weighted by atomic mass is 10.1. The van der Waals surface area contributed by atoms with Gasteiger partial charge in [0.15, 0.2) is 0 Å². The fourth-order valence-electron chi connectivity index (χ4n) is 1.26. The maximum absolute atomic E-state index is 6.86. The van der Waals surface area contributed by atoms with E-state index < -0.39 is 0 Å². The standard InChI is InChI=1S/C13H14N2/c1-3-5-6-11(4-2)12-7-9-13(15-14)10-8-12/h3-10,14H,1H2,2H3/b6-5-,11-4+,15-14?.